The molecule has 1 aliphatic rings. The van der Waals surface area contributed by atoms with Gasteiger partial charge in [0, 0.05) is 38.7 Å². The van der Waals surface area contributed by atoms with Crippen LogP contribution in [0.2, 0.25) is 0 Å². The van der Waals surface area contributed by atoms with E-state index in [1.165, 1.54) is 42.7 Å². The third-order valence-electron chi connectivity index (χ3n) is 4.83. The maximum atomic E-state index is 12.4. The molecule has 2 aromatic rings. The van der Waals surface area contributed by atoms with Gasteiger partial charge in [-0.25, -0.2) is 25.4 Å². The highest BCUT2D eigenvalue weighted by molar-refractivity contribution is 7.89. The molecule has 0 spiro atoms. The molecular weight excluding hydrogens is 434 g/mol. The van der Waals surface area contributed by atoms with Crippen LogP contribution in [0.15, 0.2) is 33.6 Å². The number of hydrogen-bond acceptors (Lipinski definition) is 8. The number of nitrogens with one attached hydrogen (secondary N) is 1. The van der Waals surface area contributed by atoms with Crippen molar-refractivity contribution < 1.29 is 26.0 Å². The van der Waals surface area contributed by atoms with Gasteiger partial charge in [-0.2, -0.15) is 0 Å². The van der Waals surface area contributed by atoms with E-state index in [0.29, 0.717) is 18.4 Å². The SMILES string of the molecule is CN(C)S(=O)(=O)c1ccc(-c2nnc(NC(=O)C3CCN(S(C)(=O)=O)CC3)o2)cc1. The van der Waals surface area contributed by atoms with E-state index in [2.05, 4.69) is 15.5 Å². The molecular formula is C17H23N5O6S2. The van der Waals surface area contributed by atoms with Gasteiger partial charge in [0.15, 0.2) is 0 Å². The molecule has 2 heterocycles. The second kappa shape index (κ2) is 8.41. The summed E-state index contributed by atoms with van der Waals surface area (Å²) < 4.78 is 55.3. The first-order valence-corrected chi connectivity index (χ1v) is 12.4. The van der Waals surface area contributed by atoms with Gasteiger partial charge in [0.05, 0.1) is 11.2 Å². The Morgan fingerprint density at radius 1 is 1.10 bits per heavy atom. The molecule has 1 aromatic heterocycles. The first-order valence-electron chi connectivity index (χ1n) is 9.11. The minimum atomic E-state index is -3.54. The number of amides is 1. The lowest BCUT2D eigenvalue weighted by molar-refractivity contribution is -0.121. The summed E-state index contributed by atoms with van der Waals surface area (Å²) >= 11 is 0. The smallest absolute Gasteiger partial charge is 0.322 e. The molecule has 0 unspecified atom stereocenters. The number of carbonyl (C=O) groups is 1. The lowest BCUT2D eigenvalue weighted by atomic mass is 9.97. The van der Waals surface area contributed by atoms with Crippen LogP contribution in [0.4, 0.5) is 6.01 Å². The van der Waals surface area contributed by atoms with Gasteiger partial charge in [-0.15, -0.1) is 5.10 Å². The summed E-state index contributed by atoms with van der Waals surface area (Å²) in [5.74, 6) is -0.536. The van der Waals surface area contributed by atoms with E-state index in [1.54, 1.807) is 0 Å². The summed E-state index contributed by atoms with van der Waals surface area (Å²) in [6.45, 7) is 0.572. The highest BCUT2D eigenvalue weighted by atomic mass is 32.2. The Morgan fingerprint density at radius 2 is 1.70 bits per heavy atom. The first kappa shape index (κ1) is 22.3. The van der Waals surface area contributed by atoms with E-state index in [9.17, 15) is 21.6 Å². The Hall–Kier alpha value is -2.35. The summed E-state index contributed by atoms with van der Waals surface area (Å²) in [7, 11) is -3.91. The van der Waals surface area contributed by atoms with Crippen LogP contribution >= 0.6 is 0 Å². The minimum Gasteiger partial charge on any atom is -0.403 e. The van der Waals surface area contributed by atoms with Crippen LogP contribution in [0, 0.1) is 5.92 Å². The van der Waals surface area contributed by atoms with Crippen molar-refractivity contribution in [1.82, 2.24) is 18.8 Å². The molecule has 1 N–H and O–H groups in total. The van der Waals surface area contributed by atoms with Crippen LogP contribution in [0.25, 0.3) is 11.5 Å². The van der Waals surface area contributed by atoms with Crippen LogP contribution in [0.3, 0.4) is 0 Å². The van der Waals surface area contributed by atoms with E-state index in [0.717, 1.165) is 10.6 Å². The number of sulfonamides is 2. The quantitative estimate of drug-likeness (QED) is 0.664. The van der Waals surface area contributed by atoms with E-state index in [-0.39, 0.29) is 41.7 Å². The normalized spacial score (nSPS) is 16.7. The van der Waals surface area contributed by atoms with Crippen molar-refractivity contribution in [3.05, 3.63) is 24.3 Å². The van der Waals surface area contributed by atoms with Crippen LogP contribution in [-0.4, -0.2) is 75.0 Å². The van der Waals surface area contributed by atoms with Gasteiger partial charge in [0.1, 0.15) is 0 Å². The molecule has 0 aliphatic carbocycles. The number of hydrogen-bond donors (Lipinski definition) is 1. The molecule has 1 saturated heterocycles. The fourth-order valence-electron chi connectivity index (χ4n) is 3.03. The zero-order chi connectivity index (χ0) is 22.1. The van der Waals surface area contributed by atoms with Gasteiger partial charge in [-0.3, -0.25) is 10.1 Å². The lowest BCUT2D eigenvalue weighted by Gasteiger charge is -2.29. The Kier molecular flexibility index (Phi) is 6.26. The van der Waals surface area contributed by atoms with Gasteiger partial charge in [0.25, 0.3) is 0 Å². The zero-order valence-electron chi connectivity index (χ0n) is 16.8. The van der Waals surface area contributed by atoms with Gasteiger partial charge < -0.3 is 4.42 Å². The molecule has 11 nitrogen and oxygen atoms in total. The maximum absolute atomic E-state index is 12.4. The monoisotopic (exact) mass is 457 g/mol. The second-order valence-corrected chi connectivity index (χ2v) is 11.3. The van der Waals surface area contributed by atoms with E-state index in [4.69, 9.17) is 4.42 Å². The average molecular weight is 458 g/mol. The zero-order valence-corrected chi connectivity index (χ0v) is 18.4. The number of anilines is 1. The highest BCUT2D eigenvalue weighted by Crippen LogP contribution is 2.24. The highest BCUT2D eigenvalue weighted by Gasteiger charge is 2.29. The molecule has 3 rings (SSSR count). The number of carbonyl (C=O) groups excluding carboxylic acids is 1. The first-order chi connectivity index (χ1) is 14.0. The van der Waals surface area contributed by atoms with Crippen LogP contribution in [0.5, 0.6) is 0 Å². The molecule has 1 aliphatic heterocycles. The predicted molar refractivity (Wildman–Crippen MR) is 108 cm³/mol. The Balaban J connectivity index is 1.64. The van der Waals surface area contributed by atoms with E-state index < -0.39 is 20.0 Å². The van der Waals surface area contributed by atoms with Crippen LogP contribution < -0.4 is 5.32 Å². The van der Waals surface area contributed by atoms with Crippen LogP contribution in [-0.2, 0) is 24.8 Å². The Bertz CT molecular complexity index is 1120. The third-order valence-corrected chi connectivity index (χ3v) is 7.96. The number of nitrogens with zero attached hydrogens (tertiary/aromatic N) is 4. The molecule has 164 valence electrons. The summed E-state index contributed by atoms with van der Waals surface area (Å²) in [5, 5.41) is 10.2. The number of aromatic nitrogens is 2. The third kappa shape index (κ3) is 4.86. The van der Waals surface area contributed by atoms with Crippen molar-refractivity contribution in [1.29, 1.82) is 0 Å². The summed E-state index contributed by atoms with van der Waals surface area (Å²) in [4.78, 5) is 12.5. The fraction of sp³-hybridized carbons (Fsp3) is 0.471. The molecule has 1 fully saturated rings. The number of benzene rings is 1. The standard InChI is InChI=1S/C17H23N5O6S2/c1-21(2)30(26,27)14-6-4-13(5-7-14)16-19-20-17(28-16)18-15(23)12-8-10-22(11-9-12)29(3,24)25/h4-7,12H,8-11H2,1-3H3,(H,18,20,23). The van der Waals surface area contributed by atoms with Gasteiger partial charge >= 0.3 is 6.01 Å². The Morgan fingerprint density at radius 3 is 2.23 bits per heavy atom. The van der Waals surface area contributed by atoms with Crippen molar-refractivity contribution in [3.63, 3.8) is 0 Å². The van der Waals surface area contributed by atoms with Gasteiger partial charge in [-0.05, 0) is 37.1 Å². The molecule has 1 amide bonds. The molecule has 1 aromatic carbocycles. The second-order valence-electron chi connectivity index (χ2n) is 7.15. The van der Waals surface area contributed by atoms with E-state index in [1.807, 2.05) is 0 Å². The minimum absolute atomic E-state index is 0.0782. The summed E-state index contributed by atoms with van der Waals surface area (Å²) in [6, 6.07) is 5.86. The van der Waals surface area contributed by atoms with Gasteiger partial charge in [-0.1, -0.05) is 5.10 Å². The number of rotatable bonds is 6. The van der Waals surface area contributed by atoms with E-state index >= 15 is 0 Å². The molecule has 0 atom stereocenters. The Labute approximate surface area is 175 Å². The molecule has 30 heavy (non-hydrogen) atoms. The predicted octanol–water partition coefficient (Wildman–Crippen LogP) is 0.597. The van der Waals surface area contributed by atoms with Crippen molar-refractivity contribution in [3.8, 4) is 11.5 Å². The van der Waals surface area contributed by atoms with Crippen LogP contribution in [0.1, 0.15) is 12.8 Å². The summed E-state index contributed by atoms with van der Waals surface area (Å²) in [5.41, 5.74) is 0.502. The molecule has 0 radical (unpaired) electrons. The summed E-state index contributed by atoms with van der Waals surface area (Å²) in [6.07, 6.45) is 1.96. The number of piperidine rings is 1. The average Bonchev–Trinajstić information content (AvgIpc) is 3.16. The van der Waals surface area contributed by atoms with Crippen molar-refractivity contribution in [2.45, 2.75) is 17.7 Å². The van der Waals surface area contributed by atoms with Crippen molar-refractivity contribution in [2.75, 3.05) is 38.8 Å². The van der Waals surface area contributed by atoms with Crippen molar-refractivity contribution >= 4 is 32.0 Å². The molecule has 0 saturated carbocycles. The van der Waals surface area contributed by atoms with Gasteiger partial charge in [0.2, 0.25) is 31.8 Å². The van der Waals surface area contributed by atoms with Crippen molar-refractivity contribution in [2.24, 2.45) is 5.92 Å². The lowest BCUT2D eigenvalue weighted by Crippen LogP contribution is -2.40. The topological polar surface area (TPSA) is 143 Å². The maximum Gasteiger partial charge on any atom is 0.322 e. The largest absolute Gasteiger partial charge is 0.403 e. The molecule has 0 bridgehead atoms. The fourth-order valence-corrected chi connectivity index (χ4v) is 4.80. The molecule has 13 heteroatoms.